The average molecular weight is 464 g/mol. The topological polar surface area (TPSA) is 95.2 Å². The summed E-state index contributed by atoms with van der Waals surface area (Å²) in [6.07, 6.45) is 3.06. The van der Waals surface area contributed by atoms with Crippen LogP contribution in [0.4, 0.5) is 5.82 Å². The summed E-state index contributed by atoms with van der Waals surface area (Å²) in [4.78, 5) is 15.5. The molecule has 162 valence electrons. The molecule has 2 heterocycles. The van der Waals surface area contributed by atoms with Crippen LogP contribution in [0.2, 0.25) is 10.0 Å². The van der Waals surface area contributed by atoms with Crippen LogP contribution in [0.5, 0.6) is 11.5 Å². The standard InChI is InChI=1S/C21H19Cl2N3O5/c1-3-29-19-8-13(10-25-26-20-16(23)9-14(22)11-24-20)4-6-17(19)30-12-15-5-7-18(31-15)21(27)28-2/h4-11H,3,12H2,1-2H3,(H,24,26)/b25-10-. The number of furan rings is 1. The molecule has 0 unspecified atom stereocenters. The lowest BCUT2D eigenvalue weighted by atomic mass is 10.2. The van der Waals surface area contributed by atoms with Crippen LogP contribution in [0.25, 0.3) is 0 Å². The highest BCUT2D eigenvalue weighted by molar-refractivity contribution is 6.35. The molecular formula is C21H19Cl2N3O5. The zero-order valence-corrected chi connectivity index (χ0v) is 18.2. The lowest BCUT2D eigenvalue weighted by Gasteiger charge is -2.11. The molecule has 0 aliphatic heterocycles. The Balaban J connectivity index is 1.67. The van der Waals surface area contributed by atoms with Gasteiger partial charge in [0.25, 0.3) is 0 Å². The molecule has 1 aromatic carbocycles. The normalized spacial score (nSPS) is 10.8. The van der Waals surface area contributed by atoms with E-state index < -0.39 is 5.97 Å². The summed E-state index contributed by atoms with van der Waals surface area (Å²) in [7, 11) is 1.29. The Labute approximate surface area is 188 Å². The van der Waals surface area contributed by atoms with E-state index in [0.29, 0.717) is 39.7 Å². The van der Waals surface area contributed by atoms with Crippen molar-refractivity contribution in [2.45, 2.75) is 13.5 Å². The molecule has 0 saturated carbocycles. The largest absolute Gasteiger partial charge is 0.490 e. The fraction of sp³-hybridized carbons (Fsp3) is 0.190. The SMILES string of the molecule is CCOc1cc(/C=N\Nc2ncc(Cl)cc2Cl)ccc1OCc1ccc(C(=O)OC)o1. The summed E-state index contributed by atoms with van der Waals surface area (Å²) in [5, 5.41) is 4.93. The van der Waals surface area contributed by atoms with Gasteiger partial charge in [-0.2, -0.15) is 5.10 Å². The van der Waals surface area contributed by atoms with E-state index in [4.69, 9.17) is 37.1 Å². The maximum absolute atomic E-state index is 11.5. The maximum Gasteiger partial charge on any atom is 0.373 e. The molecule has 8 nitrogen and oxygen atoms in total. The Morgan fingerprint density at radius 3 is 2.77 bits per heavy atom. The van der Waals surface area contributed by atoms with Gasteiger partial charge < -0.3 is 18.6 Å². The molecule has 0 aliphatic rings. The van der Waals surface area contributed by atoms with Gasteiger partial charge in [0.2, 0.25) is 5.76 Å². The van der Waals surface area contributed by atoms with Gasteiger partial charge >= 0.3 is 5.97 Å². The van der Waals surface area contributed by atoms with Crippen LogP contribution in [0.3, 0.4) is 0 Å². The number of esters is 1. The van der Waals surface area contributed by atoms with Crippen LogP contribution in [-0.2, 0) is 11.3 Å². The molecule has 0 spiro atoms. The fourth-order valence-corrected chi connectivity index (χ4v) is 2.89. The highest BCUT2D eigenvalue weighted by atomic mass is 35.5. The Bertz CT molecular complexity index is 1080. The van der Waals surface area contributed by atoms with E-state index in [-0.39, 0.29) is 12.4 Å². The zero-order valence-electron chi connectivity index (χ0n) is 16.7. The summed E-state index contributed by atoms with van der Waals surface area (Å²) in [6, 6.07) is 10.1. The second-order valence-corrected chi connectivity index (χ2v) is 6.88. The number of ether oxygens (including phenoxy) is 3. The van der Waals surface area contributed by atoms with Crippen molar-refractivity contribution < 1.29 is 23.4 Å². The van der Waals surface area contributed by atoms with E-state index in [9.17, 15) is 4.79 Å². The molecular weight excluding hydrogens is 445 g/mol. The second-order valence-electron chi connectivity index (χ2n) is 6.04. The third-order valence-electron chi connectivity index (χ3n) is 3.88. The molecule has 0 aliphatic carbocycles. The number of pyridine rings is 1. The minimum absolute atomic E-state index is 0.112. The van der Waals surface area contributed by atoms with Gasteiger partial charge in [0.15, 0.2) is 17.3 Å². The molecule has 3 rings (SSSR count). The number of methoxy groups -OCH3 is 1. The summed E-state index contributed by atoms with van der Waals surface area (Å²) < 4.78 is 21.5. The predicted molar refractivity (Wildman–Crippen MR) is 117 cm³/mol. The van der Waals surface area contributed by atoms with Crippen molar-refractivity contribution in [1.29, 1.82) is 0 Å². The van der Waals surface area contributed by atoms with Crippen molar-refractivity contribution in [1.82, 2.24) is 4.98 Å². The number of nitrogens with one attached hydrogen (secondary N) is 1. The van der Waals surface area contributed by atoms with Crippen molar-refractivity contribution in [2.24, 2.45) is 5.10 Å². The van der Waals surface area contributed by atoms with E-state index in [2.05, 4.69) is 20.2 Å². The quantitative estimate of drug-likeness (QED) is 0.265. The first-order chi connectivity index (χ1) is 15.0. The number of carbonyl (C=O) groups is 1. The average Bonchev–Trinajstić information content (AvgIpc) is 3.23. The van der Waals surface area contributed by atoms with Gasteiger partial charge in [0.1, 0.15) is 12.4 Å². The Kier molecular flexibility index (Phi) is 7.75. The van der Waals surface area contributed by atoms with Gasteiger partial charge in [-0.3, -0.25) is 5.43 Å². The number of rotatable bonds is 9. The maximum atomic E-state index is 11.5. The highest BCUT2D eigenvalue weighted by Gasteiger charge is 2.12. The van der Waals surface area contributed by atoms with Gasteiger partial charge in [-0.1, -0.05) is 23.2 Å². The minimum atomic E-state index is -0.548. The Morgan fingerprint density at radius 1 is 1.19 bits per heavy atom. The van der Waals surface area contributed by atoms with Crippen molar-refractivity contribution in [3.8, 4) is 11.5 Å². The smallest absolute Gasteiger partial charge is 0.373 e. The molecule has 3 aromatic rings. The molecule has 0 amide bonds. The first-order valence-corrected chi connectivity index (χ1v) is 9.92. The summed E-state index contributed by atoms with van der Waals surface area (Å²) in [5.74, 6) is 1.48. The Morgan fingerprint density at radius 2 is 2.03 bits per heavy atom. The molecule has 0 radical (unpaired) electrons. The summed E-state index contributed by atoms with van der Waals surface area (Å²) in [6.45, 7) is 2.44. The van der Waals surface area contributed by atoms with Crippen LogP contribution >= 0.6 is 23.2 Å². The van der Waals surface area contributed by atoms with E-state index >= 15 is 0 Å². The number of hydrazone groups is 1. The molecule has 2 aromatic heterocycles. The van der Waals surface area contributed by atoms with Crippen LogP contribution in [0, 0.1) is 0 Å². The number of aromatic nitrogens is 1. The van der Waals surface area contributed by atoms with E-state index in [0.717, 1.165) is 5.56 Å². The number of carbonyl (C=O) groups excluding carboxylic acids is 1. The molecule has 0 bridgehead atoms. The first kappa shape index (κ1) is 22.5. The van der Waals surface area contributed by atoms with Crippen LogP contribution in [0.15, 0.2) is 52.1 Å². The fourth-order valence-electron chi connectivity index (χ4n) is 2.47. The zero-order chi connectivity index (χ0) is 22.2. The van der Waals surface area contributed by atoms with E-state index in [1.807, 2.05) is 13.0 Å². The number of benzene rings is 1. The van der Waals surface area contributed by atoms with E-state index in [1.165, 1.54) is 19.4 Å². The molecule has 0 fully saturated rings. The predicted octanol–water partition coefficient (Wildman–Crippen LogP) is 5.19. The highest BCUT2D eigenvalue weighted by Crippen LogP contribution is 2.29. The molecule has 0 saturated heterocycles. The third-order valence-corrected chi connectivity index (χ3v) is 4.37. The number of hydrogen-bond acceptors (Lipinski definition) is 8. The van der Waals surface area contributed by atoms with Crippen molar-refractivity contribution in [2.75, 3.05) is 19.1 Å². The summed E-state index contributed by atoms with van der Waals surface area (Å²) in [5.41, 5.74) is 3.53. The number of nitrogens with zero attached hydrogens (tertiary/aromatic N) is 2. The number of halogens is 2. The number of anilines is 1. The van der Waals surface area contributed by atoms with Crippen LogP contribution < -0.4 is 14.9 Å². The van der Waals surface area contributed by atoms with E-state index in [1.54, 1.807) is 30.5 Å². The summed E-state index contributed by atoms with van der Waals surface area (Å²) >= 11 is 11.9. The van der Waals surface area contributed by atoms with Crippen LogP contribution in [0.1, 0.15) is 28.8 Å². The third kappa shape index (κ3) is 6.13. The Hall–Kier alpha value is -3.23. The number of hydrogen-bond donors (Lipinski definition) is 1. The van der Waals surface area contributed by atoms with Gasteiger partial charge in [0.05, 0.1) is 30.0 Å². The molecule has 10 heteroatoms. The van der Waals surface area contributed by atoms with Crippen molar-refractivity contribution in [3.63, 3.8) is 0 Å². The lowest BCUT2D eigenvalue weighted by Crippen LogP contribution is -2.01. The monoisotopic (exact) mass is 463 g/mol. The molecule has 0 atom stereocenters. The lowest BCUT2D eigenvalue weighted by molar-refractivity contribution is 0.0561. The first-order valence-electron chi connectivity index (χ1n) is 9.17. The van der Waals surface area contributed by atoms with Gasteiger partial charge in [-0.25, -0.2) is 9.78 Å². The molecule has 1 N–H and O–H groups in total. The minimum Gasteiger partial charge on any atom is -0.490 e. The van der Waals surface area contributed by atoms with Gasteiger partial charge in [0, 0.05) is 6.20 Å². The van der Waals surface area contributed by atoms with Crippen molar-refractivity contribution in [3.05, 3.63) is 69.7 Å². The van der Waals surface area contributed by atoms with Gasteiger partial charge in [-0.05, 0) is 48.9 Å². The van der Waals surface area contributed by atoms with Crippen molar-refractivity contribution >= 4 is 41.2 Å². The van der Waals surface area contributed by atoms with Crippen LogP contribution in [-0.4, -0.2) is 30.9 Å². The second kappa shape index (κ2) is 10.7. The molecule has 31 heavy (non-hydrogen) atoms. The van der Waals surface area contributed by atoms with Gasteiger partial charge in [-0.15, -0.1) is 0 Å².